The predicted molar refractivity (Wildman–Crippen MR) is 87.7 cm³/mol. The van der Waals surface area contributed by atoms with Crippen LogP contribution in [0, 0.1) is 10.1 Å². The molecule has 0 atom stereocenters. The number of nitro groups is 1. The highest BCUT2D eigenvalue weighted by Crippen LogP contribution is 2.25. The third kappa shape index (κ3) is 3.08. The number of rotatable bonds is 4. The summed E-state index contributed by atoms with van der Waals surface area (Å²) in [6.07, 6.45) is 2.63. The Labute approximate surface area is 131 Å². The van der Waals surface area contributed by atoms with Crippen LogP contribution in [-0.4, -0.2) is 21.2 Å². The van der Waals surface area contributed by atoms with Gasteiger partial charge in [0.05, 0.1) is 11.1 Å². The summed E-state index contributed by atoms with van der Waals surface area (Å²) in [4.78, 5) is 13.9. The SMILES string of the molecule is O=[N+]([O-])c1ccc(NN=Cc2c(O)ccc3ccccc23)nc1. The summed E-state index contributed by atoms with van der Waals surface area (Å²) in [5.41, 5.74) is 3.17. The van der Waals surface area contributed by atoms with Gasteiger partial charge in [-0.3, -0.25) is 15.5 Å². The summed E-state index contributed by atoms with van der Waals surface area (Å²) in [6, 6.07) is 13.8. The lowest BCUT2D eigenvalue weighted by molar-refractivity contribution is -0.385. The largest absolute Gasteiger partial charge is 0.507 e. The minimum Gasteiger partial charge on any atom is -0.507 e. The Morgan fingerprint density at radius 3 is 2.74 bits per heavy atom. The average molecular weight is 308 g/mol. The molecule has 23 heavy (non-hydrogen) atoms. The number of phenolic OH excluding ortho intramolecular Hbond substituents is 1. The van der Waals surface area contributed by atoms with Crippen molar-refractivity contribution in [3.8, 4) is 5.75 Å². The van der Waals surface area contributed by atoms with Crippen LogP contribution in [0.1, 0.15) is 5.56 Å². The van der Waals surface area contributed by atoms with Crippen LogP contribution >= 0.6 is 0 Å². The van der Waals surface area contributed by atoms with Crippen LogP contribution in [-0.2, 0) is 0 Å². The van der Waals surface area contributed by atoms with E-state index in [1.807, 2.05) is 30.3 Å². The number of pyridine rings is 1. The van der Waals surface area contributed by atoms with Gasteiger partial charge in [0, 0.05) is 11.6 Å². The van der Waals surface area contributed by atoms with E-state index in [9.17, 15) is 15.2 Å². The second-order valence-corrected chi connectivity index (χ2v) is 4.75. The van der Waals surface area contributed by atoms with Crippen LogP contribution < -0.4 is 5.43 Å². The Hall–Kier alpha value is -3.48. The topological polar surface area (TPSA) is 101 Å². The summed E-state index contributed by atoms with van der Waals surface area (Å²) in [6.45, 7) is 0. The molecule has 0 spiro atoms. The first-order chi connectivity index (χ1) is 11.1. The Kier molecular flexibility index (Phi) is 3.84. The number of fused-ring (bicyclic) bond motifs is 1. The van der Waals surface area contributed by atoms with Crippen molar-refractivity contribution < 1.29 is 10.0 Å². The van der Waals surface area contributed by atoms with E-state index in [0.717, 1.165) is 17.0 Å². The maximum Gasteiger partial charge on any atom is 0.287 e. The molecule has 0 saturated heterocycles. The van der Waals surface area contributed by atoms with E-state index in [2.05, 4.69) is 15.5 Å². The number of aromatic hydroxyl groups is 1. The summed E-state index contributed by atoms with van der Waals surface area (Å²) in [5, 5.41) is 26.4. The lowest BCUT2D eigenvalue weighted by Gasteiger charge is -2.04. The minimum atomic E-state index is -0.520. The van der Waals surface area contributed by atoms with E-state index in [4.69, 9.17) is 0 Å². The maximum absolute atomic E-state index is 10.6. The summed E-state index contributed by atoms with van der Waals surface area (Å²) in [7, 11) is 0. The molecule has 7 heteroatoms. The molecule has 0 unspecified atom stereocenters. The van der Waals surface area contributed by atoms with E-state index >= 15 is 0 Å². The number of aromatic nitrogens is 1. The smallest absolute Gasteiger partial charge is 0.287 e. The number of hydrogen-bond acceptors (Lipinski definition) is 6. The minimum absolute atomic E-state index is 0.0915. The van der Waals surface area contributed by atoms with Gasteiger partial charge in [-0.15, -0.1) is 0 Å². The van der Waals surface area contributed by atoms with Crippen LogP contribution in [0.4, 0.5) is 11.5 Å². The lowest BCUT2D eigenvalue weighted by atomic mass is 10.0. The molecule has 3 aromatic rings. The molecule has 0 aliphatic carbocycles. The molecule has 1 aromatic heterocycles. The fourth-order valence-electron chi connectivity index (χ4n) is 2.14. The van der Waals surface area contributed by atoms with Crippen LogP contribution in [0.3, 0.4) is 0 Å². The van der Waals surface area contributed by atoms with Gasteiger partial charge in [0.2, 0.25) is 0 Å². The van der Waals surface area contributed by atoms with Crippen LogP contribution in [0.15, 0.2) is 59.8 Å². The molecule has 3 rings (SSSR count). The summed E-state index contributed by atoms with van der Waals surface area (Å²) < 4.78 is 0. The van der Waals surface area contributed by atoms with Crippen LogP contribution in [0.2, 0.25) is 0 Å². The number of anilines is 1. The van der Waals surface area contributed by atoms with Gasteiger partial charge < -0.3 is 5.11 Å². The maximum atomic E-state index is 10.6. The van der Waals surface area contributed by atoms with E-state index in [1.54, 1.807) is 6.07 Å². The molecular weight excluding hydrogens is 296 g/mol. The highest BCUT2D eigenvalue weighted by atomic mass is 16.6. The Bertz CT molecular complexity index is 891. The lowest BCUT2D eigenvalue weighted by Crippen LogP contribution is -1.95. The Morgan fingerprint density at radius 2 is 2.00 bits per heavy atom. The van der Waals surface area contributed by atoms with Gasteiger partial charge in [-0.1, -0.05) is 30.3 Å². The number of nitrogens with zero attached hydrogens (tertiary/aromatic N) is 3. The molecule has 2 aromatic carbocycles. The van der Waals surface area contributed by atoms with Gasteiger partial charge in [0.15, 0.2) is 0 Å². The van der Waals surface area contributed by atoms with Crippen molar-refractivity contribution in [3.05, 3.63) is 70.4 Å². The van der Waals surface area contributed by atoms with Crippen molar-refractivity contribution in [3.63, 3.8) is 0 Å². The fourth-order valence-corrected chi connectivity index (χ4v) is 2.14. The van der Waals surface area contributed by atoms with E-state index in [0.29, 0.717) is 11.4 Å². The van der Waals surface area contributed by atoms with Crippen molar-refractivity contribution in [1.82, 2.24) is 4.98 Å². The first-order valence-electron chi connectivity index (χ1n) is 6.75. The van der Waals surface area contributed by atoms with Gasteiger partial charge in [-0.05, 0) is 22.9 Å². The highest BCUT2D eigenvalue weighted by molar-refractivity contribution is 6.02. The van der Waals surface area contributed by atoms with E-state index in [1.165, 1.54) is 18.3 Å². The first kappa shape index (κ1) is 14.5. The second kappa shape index (κ2) is 6.10. The summed E-state index contributed by atoms with van der Waals surface area (Å²) in [5.74, 6) is 0.484. The molecule has 0 radical (unpaired) electrons. The molecule has 0 bridgehead atoms. The van der Waals surface area contributed by atoms with Gasteiger partial charge in [0.25, 0.3) is 5.69 Å². The van der Waals surface area contributed by atoms with Crippen molar-refractivity contribution in [2.45, 2.75) is 0 Å². The molecular formula is C16H12N4O3. The standard InChI is InChI=1S/C16H12N4O3/c21-15-7-5-11-3-1-2-4-13(11)14(15)10-18-19-16-8-6-12(9-17-16)20(22)23/h1-10,21H,(H,17,19). The van der Waals surface area contributed by atoms with E-state index in [-0.39, 0.29) is 11.4 Å². The molecule has 0 fully saturated rings. The number of nitrogens with one attached hydrogen (secondary N) is 1. The van der Waals surface area contributed by atoms with Crippen LogP contribution in [0.25, 0.3) is 10.8 Å². The van der Waals surface area contributed by atoms with Crippen molar-refractivity contribution >= 4 is 28.5 Å². The predicted octanol–water partition coefficient (Wildman–Crippen LogP) is 3.29. The van der Waals surface area contributed by atoms with E-state index < -0.39 is 4.92 Å². The van der Waals surface area contributed by atoms with Crippen molar-refractivity contribution in [2.75, 3.05) is 5.43 Å². The van der Waals surface area contributed by atoms with Gasteiger partial charge in [-0.25, -0.2) is 4.98 Å². The van der Waals surface area contributed by atoms with Gasteiger partial charge in [-0.2, -0.15) is 5.10 Å². The van der Waals surface area contributed by atoms with Crippen molar-refractivity contribution in [2.24, 2.45) is 5.10 Å². The zero-order valence-electron chi connectivity index (χ0n) is 11.9. The fraction of sp³-hybridized carbons (Fsp3) is 0. The molecule has 2 N–H and O–H groups in total. The number of hydrazone groups is 1. The number of phenols is 1. The third-order valence-electron chi connectivity index (χ3n) is 3.28. The van der Waals surface area contributed by atoms with Crippen LogP contribution in [0.5, 0.6) is 5.75 Å². The molecule has 0 saturated carbocycles. The Balaban J connectivity index is 1.83. The molecule has 0 aliphatic rings. The quantitative estimate of drug-likeness (QED) is 0.437. The monoisotopic (exact) mass is 308 g/mol. The molecule has 114 valence electrons. The highest BCUT2D eigenvalue weighted by Gasteiger charge is 2.05. The zero-order valence-corrected chi connectivity index (χ0v) is 11.9. The second-order valence-electron chi connectivity index (χ2n) is 4.75. The number of hydrogen-bond donors (Lipinski definition) is 2. The van der Waals surface area contributed by atoms with Gasteiger partial charge >= 0.3 is 0 Å². The van der Waals surface area contributed by atoms with Crippen molar-refractivity contribution in [1.29, 1.82) is 0 Å². The molecule has 1 heterocycles. The third-order valence-corrected chi connectivity index (χ3v) is 3.28. The number of benzene rings is 2. The molecule has 7 nitrogen and oxygen atoms in total. The molecule has 0 amide bonds. The normalized spacial score (nSPS) is 11.0. The Morgan fingerprint density at radius 1 is 1.17 bits per heavy atom. The zero-order chi connectivity index (χ0) is 16.2. The summed E-state index contributed by atoms with van der Waals surface area (Å²) >= 11 is 0. The van der Waals surface area contributed by atoms with Gasteiger partial charge in [0.1, 0.15) is 17.8 Å². The molecule has 0 aliphatic heterocycles. The first-order valence-corrected chi connectivity index (χ1v) is 6.75. The average Bonchev–Trinajstić information content (AvgIpc) is 2.57.